The molecule has 0 bridgehead atoms. The van der Waals surface area contributed by atoms with E-state index < -0.39 is 24.6 Å². The maximum Gasteiger partial charge on any atom is 0.434 e. The minimum atomic E-state index is -4.45. The van der Waals surface area contributed by atoms with Gasteiger partial charge in [0.15, 0.2) is 11.7 Å². The Balaban J connectivity index is 2.24. The first kappa shape index (κ1) is 22.5. The molecule has 0 aromatic carbocycles. The number of halogens is 6. The van der Waals surface area contributed by atoms with Crippen molar-refractivity contribution in [3.8, 4) is 0 Å². The Kier molecular flexibility index (Phi) is 8.60. The van der Waals surface area contributed by atoms with Crippen LogP contribution < -0.4 is 10.6 Å². The molecule has 2 N–H and O–H groups in total. The van der Waals surface area contributed by atoms with Crippen LogP contribution in [0.2, 0.25) is 0 Å². The molecule has 0 saturated heterocycles. The van der Waals surface area contributed by atoms with E-state index in [0.717, 1.165) is 16.7 Å². The van der Waals surface area contributed by atoms with E-state index in [4.69, 9.17) is 0 Å². The van der Waals surface area contributed by atoms with Crippen LogP contribution in [0.1, 0.15) is 17.1 Å². The van der Waals surface area contributed by atoms with Crippen LogP contribution in [0.4, 0.5) is 26.3 Å². The van der Waals surface area contributed by atoms with Crippen molar-refractivity contribution in [1.82, 2.24) is 20.5 Å². The molecule has 0 spiro atoms. The average Bonchev–Trinajstić information content (AvgIpc) is 2.97. The summed E-state index contributed by atoms with van der Waals surface area (Å²) in [6.07, 6.45) is -7.88. The maximum atomic E-state index is 12.5. The lowest BCUT2D eigenvalue weighted by Crippen LogP contribution is -2.40. The van der Waals surface area contributed by atoms with Crippen LogP contribution in [-0.4, -0.2) is 62.3 Å². The normalized spacial score (nSPS) is 13.3. The molecule has 1 rings (SSSR count). The molecule has 0 atom stereocenters. The fraction of sp³-hybridized carbons (Fsp3) is 0.714. The molecule has 0 saturated carbocycles. The Hall–Kier alpha value is -1.56. The molecule has 150 valence electrons. The van der Waals surface area contributed by atoms with Crippen LogP contribution in [0.15, 0.2) is 10.4 Å². The van der Waals surface area contributed by atoms with Crippen LogP contribution in [0.3, 0.4) is 0 Å². The molecular formula is C14H21F6N5S. The number of thiazole rings is 1. The second-order valence-corrected chi connectivity index (χ2v) is 6.45. The summed E-state index contributed by atoms with van der Waals surface area (Å²) in [6.45, 7) is 0.0480. The van der Waals surface area contributed by atoms with Crippen LogP contribution in [0, 0.1) is 0 Å². The van der Waals surface area contributed by atoms with Gasteiger partial charge in [-0.3, -0.25) is 9.89 Å². The van der Waals surface area contributed by atoms with Gasteiger partial charge in [0, 0.05) is 31.9 Å². The predicted molar refractivity (Wildman–Crippen MR) is 88.4 cm³/mol. The molecular weight excluding hydrogens is 384 g/mol. The molecule has 12 heteroatoms. The van der Waals surface area contributed by atoms with Crippen molar-refractivity contribution in [3.05, 3.63) is 16.1 Å². The summed E-state index contributed by atoms with van der Waals surface area (Å²) in [6, 6.07) is 0. The summed E-state index contributed by atoms with van der Waals surface area (Å²) >= 11 is 0.936. The fourth-order valence-corrected chi connectivity index (χ4v) is 2.81. The summed E-state index contributed by atoms with van der Waals surface area (Å²) in [4.78, 5) is 8.65. The Labute approximate surface area is 151 Å². The van der Waals surface area contributed by atoms with Gasteiger partial charge in [0.1, 0.15) is 0 Å². The topological polar surface area (TPSA) is 52.6 Å². The summed E-state index contributed by atoms with van der Waals surface area (Å²) in [5, 5.41) is 7.19. The predicted octanol–water partition coefficient (Wildman–Crippen LogP) is 2.75. The third-order valence-corrected chi connectivity index (χ3v) is 4.06. The number of hydrogen-bond acceptors (Lipinski definition) is 4. The van der Waals surface area contributed by atoms with Crippen molar-refractivity contribution in [1.29, 1.82) is 0 Å². The third kappa shape index (κ3) is 9.22. The van der Waals surface area contributed by atoms with Crippen molar-refractivity contribution in [2.24, 2.45) is 4.99 Å². The van der Waals surface area contributed by atoms with Gasteiger partial charge in [0.25, 0.3) is 0 Å². The van der Waals surface area contributed by atoms with E-state index in [-0.39, 0.29) is 6.54 Å². The van der Waals surface area contributed by atoms with Gasteiger partial charge in [-0.25, -0.2) is 4.98 Å². The van der Waals surface area contributed by atoms with Gasteiger partial charge in [-0.15, -0.1) is 11.3 Å². The number of hydrogen-bond donors (Lipinski definition) is 2. The zero-order chi connectivity index (χ0) is 19.8. The molecule has 26 heavy (non-hydrogen) atoms. The summed E-state index contributed by atoms with van der Waals surface area (Å²) in [5.74, 6) is 0.427. The van der Waals surface area contributed by atoms with E-state index in [1.807, 2.05) is 0 Å². The van der Waals surface area contributed by atoms with Crippen LogP contribution in [0.25, 0.3) is 0 Å². The maximum absolute atomic E-state index is 12.5. The van der Waals surface area contributed by atoms with Gasteiger partial charge in [0.05, 0.1) is 11.6 Å². The smallest absolute Gasteiger partial charge is 0.356 e. The molecule has 0 unspecified atom stereocenters. The molecule has 0 aliphatic carbocycles. The third-order valence-electron chi connectivity index (χ3n) is 3.16. The molecule has 1 aromatic rings. The zero-order valence-corrected chi connectivity index (χ0v) is 15.2. The van der Waals surface area contributed by atoms with Crippen molar-refractivity contribution < 1.29 is 26.3 Å². The molecule has 0 aliphatic rings. The van der Waals surface area contributed by atoms with E-state index in [9.17, 15) is 26.3 Å². The average molecular weight is 405 g/mol. The first-order valence-electron chi connectivity index (χ1n) is 7.72. The molecule has 0 amide bonds. The number of nitrogens with one attached hydrogen (secondary N) is 2. The molecule has 1 aromatic heterocycles. The number of alkyl halides is 6. The highest BCUT2D eigenvalue weighted by Crippen LogP contribution is 2.29. The highest BCUT2D eigenvalue weighted by Gasteiger charge is 2.33. The highest BCUT2D eigenvalue weighted by molar-refractivity contribution is 7.09. The molecule has 0 radical (unpaired) electrons. The Morgan fingerprint density at radius 3 is 2.38 bits per heavy atom. The monoisotopic (exact) mass is 405 g/mol. The van der Waals surface area contributed by atoms with Gasteiger partial charge < -0.3 is 10.6 Å². The number of rotatable bonds is 8. The van der Waals surface area contributed by atoms with Gasteiger partial charge in [-0.1, -0.05) is 0 Å². The van der Waals surface area contributed by atoms with E-state index in [0.29, 0.717) is 36.9 Å². The quantitative estimate of drug-likeness (QED) is 0.302. The lowest BCUT2D eigenvalue weighted by molar-refractivity contribution is -0.143. The number of aliphatic imine (C=N–C) groups is 1. The van der Waals surface area contributed by atoms with Crippen molar-refractivity contribution >= 4 is 17.3 Å². The molecule has 0 aliphatic heterocycles. The standard InChI is InChI=1S/C14H21F6N5S/c1-21-12(22-5-3-7-25(2)9-13(15,16)17)23-6-4-11-24-10(8-26-11)14(18,19)20/h8H,3-7,9H2,1-2H3,(H2,21,22,23). The van der Waals surface area contributed by atoms with Crippen molar-refractivity contribution in [2.45, 2.75) is 25.2 Å². The number of guanidine groups is 1. The molecule has 0 fully saturated rings. The van der Waals surface area contributed by atoms with Gasteiger partial charge >= 0.3 is 12.4 Å². The second kappa shape index (κ2) is 9.95. The van der Waals surface area contributed by atoms with Crippen LogP contribution >= 0.6 is 11.3 Å². The van der Waals surface area contributed by atoms with E-state index >= 15 is 0 Å². The minimum absolute atomic E-state index is 0.267. The Bertz CT molecular complexity index is 569. The minimum Gasteiger partial charge on any atom is -0.356 e. The Morgan fingerprint density at radius 2 is 1.85 bits per heavy atom. The SMILES string of the molecule is CN=C(NCCCN(C)CC(F)(F)F)NCCc1nc(C(F)(F)F)cs1. The van der Waals surface area contributed by atoms with E-state index in [2.05, 4.69) is 20.6 Å². The summed E-state index contributed by atoms with van der Waals surface area (Å²) < 4.78 is 74.0. The Morgan fingerprint density at radius 1 is 1.19 bits per heavy atom. The first-order chi connectivity index (χ1) is 12.0. The largest absolute Gasteiger partial charge is 0.434 e. The van der Waals surface area contributed by atoms with Gasteiger partial charge in [-0.05, 0) is 20.0 Å². The fourth-order valence-electron chi connectivity index (χ4n) is 2.01. The van der Waals surface area contributed by atoms with Crippen molar-refractivity contribution in [3.63, 3.8) is 0 Å². The zero-order valence-electron chi connectivity index (χ0n) is 14.3. The molecule has 1 heterocycles. The van der Waals surface area contributed by atoms with E-state index in [1.165, 1.54) is 19.0 Å². The highest BCUT2D eigenvalue weighted by atomic mass is 32.1. The first-order valence-corrected chi connectivity index (χ1v) is 8.60. The van der Waals surface area contributed by atoms with Gasteiger partial charge in [-0.2, -0.15) is 26.3 Å². The lowest BCUT2D eigenvalue weighted by Gasteiger charge is -2.18. The number of nitrogens with zero attached hydrogens (tertiary/aromatic N) is 3. The number of aromatic nitrogens is 1. The summed E-state index contributed by atoms with van der Waals surface area (Å²) in [7, 11) is 2.92. The van der Waals surface area contributed by atoms with Crippen LogP contribution in [-0.2, 0) is 12.6 Å². The van der Waals surface area contributed by atoms with Crippen LogP contribution in [0.5, 0.6) is 0 Å². The lowest BCUT2D eigenvalue weighted by atomic mass is 10.4. The van der Waals surface area contributed by atoms with Crippen molar-refractivity contribution in [2.75, 3.05) is 40.3 Å². The second-order valence-electron chi connectivity index (χ2n) is 5.51. The van der Waals surface area contributed by atoms with Gasteiger partial charge in [0.2, 0.25) is 0 Å². The van der Waals surface area contributed by atoms with E-state index in [1.54, 1.807) is 0 Å². The summed E-state index contributed by atoms with van der Waals surface area (Å²) in [5.41, 5.74) is -0.900. The molecule has 5 nitrogen and oxygen atoms in total.